The Labute approximate surface area is 183 Å². The van der Waals surface area contributed by atoms with Crippen LogP contribution in [0.4, 0.5) is 15.8 Å². The van der Waals surface area contributed by atoms with E-state index in [0.29, 0.717) is 22.6 Å². The lowest BCUT2D eigenvalue weighted by Gasteiger charge is -2.15. The minimum absolute atomic E-state index is 0.00977. The fourth-order valence-electron chi connectivity index (χ4n) is 3.36. The van der Waals surface area contributed by atoms with Crippen LogP contribution in [-0.2, 0) is 20.9 Å². The van der Waals surface area contributed by atoms with Crippen LogP contribution in [0.15, 0.2) is 78.6 Å². The molecule has 1 aliphatic heterocycles. The van der Waals surface area contributed by atoms with Gasteiger partial charge in [0.1, 0.15) is 11.5 Å². The number of hydrogen-bond donors (Lipinski definition) is 2. The van der Waals surface area contributed by atoms with Crippen LogP contribution in [0.3, 0.4) is 0 Å². The molecule has 2 aromatic carbocycles. The fraction of sp³-hybridized carbons (Fsp3) is 0.0833. The number of aromatic nitrogens is 1. The molecule has 0 saturated heterocycles. The Kier molecular flexibility index (Phi) is 5.76. The van der Waals surface area contributed by atoms with E-state index in [1.165, 1.54) is 31.2 Å². The van der Waals surface area contributed by atoms with Crippen LogP contribution in [0.2, 0.25) is 0 Å². The smallest absolute Gasteiger partial charge is 0.278 e. The first-order chi connectivity index (χ1) is 15.4. The molecule has 7 nitrogen and oxygen atoms in total. The minimum atomic E-state index is -0.508. The molecule has 0 aliphatic carbocycles. The van der Waals surface area contributed by atoms with E-state index < -0.39 is 17.6 Å². The summed E-state index contributed by atoms with van der Waals surface area (Å²) in [7, 11) is 0. The summed E-state index contributed by atoms with van der Waals surface area (Å²) in [5.74, 6) is -1.65. The summed E-state index contributed by atoms with van der Waals surface area (Å²) in [6.45, 7) is 1.42. The number of anilines is 2. The third-order valence-electron chi connectivity index (χ3n) is 4.82. The highest BCUT2D eigenvalue weighted by Crippen LogP contribution is 2.31. The Morgan fingerprint density at radius 1 is 0.938 bits per heavy atom. The van der Waals surface area contributed by atoms with Crippen LogP contribution in [0.25, 0.3) is 5.57 Å². The number of imide groups is 1. The van der Waals surface area contributed by atoms with Crippen molar-refractivity contribution in [2.24, 2.45) is 0 Å². The monoisotopic (exact) mass is 430 g/mol. The molecule has 0 atom stereocenters. The van der Waals surface area contributed by atoms with Crippen LogP contribution in [-0.4, -0.2) is 27.6 Å². The van der Waals surface area contributed by atoms with Crippen LogP contribution in [0, 0.1) is 5.82 Å². The second-order valence-corrected chi connectivity index (χ2v) is 7.16. The lowest BCUT2D eigenvalue weighted by atomic mass is 10.0. The number of carbonyl (C=O) groups is 3. The molecule has 2 N–H and O–H groups in total. The molecule has 2 heterocycles. The van der Waals surface area contributed by atoms with Gasteiger partial charge < -0.3 is 10.6 Å². The molecule has 4 rings (SSSR count). The number of carbonyl (C=O) groups excluding carboxylic acids is 3. The first-order valence-corrected chi connectivity index (χ1v) is 9.83. The van der Waals surface area contributed by atoms with Crippen molar-refractivity contribution < 1.29 is 18.8 Å². The van der Waals surface area contributed by atoms with Crippen molar-refractivity contribution in [2.75, 3.05) is 10.6 Å². The number of halogens is 1. The minimum Gasteiger partial charge on any atom is -0.350 e. The number of amides is 3. The van der Waals surface area contributed by atoms with Gasteiger partial charge in [0.25, 0.3) is 11.8 Å². The molecule has 3 aromatic rings. The molecule has 3 amide bonds. The van der Waals surface area contributed by atoms with Crippen LogP contribution < -0.4 is 10.6 Å². The second kappa shape index (κ2) is 8.81. The van der Waals surface area contributed by atoms with E-state index in [-0.39, 0.29) is 23.7 Å². The molecule has 0 saturated carbocycles. The van der Waals surface area contributed by atoms with Crippen LogP contribution in [0.1, 0.15) is 18.2 Å². The summed E-state index contributed by atoms with van der Waals surface area (Å²) in [6.07, 6.45) is 1.59. The normalized spacial score (nSPS) is 13.5. The highest BCUT2D eigenvalue weighted by molar-refractivity contribution is 6.36. The summed E-state index contributed by atoms with van der Waals surface area (Å²) in [5, 5.41) is 5.69. The first-order valence-electron chi connectivity index (χ1n) is 9.83. The summed E-state index contributed by atoms with van der Waals surface area (Å²) in [5.41, 5.74) is 2.37. The van der Waals surface area contributed by atoms with Gasteiger partial charge in [-0.25, -0.2) is 4.39 Å². The Balaban J connectivity index is 1.68. The van der Waals surface area contributed by atoms with E-state index in [4.69, 9.17) is 0 Å². The van der Waals surface area contributed by atoms with Gasteiger partial charge in [0.05, 0.1) is 17.8 Å². The standard InChI is InChI=1S/C24H19FN4O3/c1-15(30)27-18-9-11-19(12-10-18)28-22-21(16-5-7-17(25)8-6-16)23(31)29(24(22)32)14-20-4-2-3-13-26-20/h2-13,28H,14H2,1H3,(H,27,30). The van der Waals surface area contributed by atoms with E-state index in [1.807, 2.05) is 0 Å². The Hall–Kier alpha value is -4.33. The van der Waals surface area contributed by atoms with Crippen molar-refractivity contribution in [3.05, 3.63) is 95.7 Å². The van der Waals surface area contributed by atoms with Gasteiger partial charge in [-0.2, -0.15) is 0 Å². The topological polar surface area (TPSA) is 91.4 Å². The number of pyridine rings is 1. The lowest BCUT2D eigenvalue weighted by molar-refractivity contribution is -0.137. The largest absolute Gasteiger partial charge is 0.350 e. The molecule has 1 aliphatic rings. The predicted molar refractivity (Wildman–Crippen MR) is 117 cm³/mol. The number of rotatable bonds is 6. The summed E-state index contributed by atoms with van der Waals surface area (Å²) < 4.78 is 13.5. The molecular formula is C24H19FN4O3. The molecule has 32 heavy (non-hydrogen) atoms. The summed E-state index contributed by atoms with van der Waals surface area (Å²) >= 11 is 0. The highest BCUT2D eigenvalue weighted by Gasteiger charge is 2.39. The number of benzene rings is 2. The van der Waals surface area contributed by atoms with Crippen molar-refractivity contribution in [2.45, 2.75) is 13.5 Å². The maximum absolute atomic E-state index is 13.5. The van der Waals surface area contributed by atoms with E-state index in [2.05, 4.69) is 15.6 Å². The van der Waals surface area contributed by atoms with E-state index in [0.717, 1.165) is 4.90 Å². The number of nitrogens with one attached hydrogen (secondary N) is 2. The quantitative estimate of drug-likeness (QED) is 0.584. The number of hydrogen-bond acceptors (Lipinski definition) is 5. The fourth-order valence-corrected chi connectivity index (χ4v) is 3.36. The SMILES string of the molecule is CC(=O)Nc1ccc(NC2=C(c3ccc(F)cc3)C(=O)N(Cc3ccccn3)C2=O)cc1. The molecule has 8 heteroatoms. The van der Waals surface area contributed by atoms with E-state index in [1.54, 1.807) is 48.7 Å². The van der Waals surface area contributed by atoms with Gasteiger partial charge in [0, 0.05) is 24.5 Å². The molecule has 0 fully saturated rings. The van der Waals surface area contributed by atoms with Gasteiger partial charge in [-0.3, -0.25) is 24.3 Å². The van der Waals surface area contributed by atoms with Crippen molar-refractivity contribution in [1.82, 2.24) is 9.88 Å². The predicted octanol–water partition coefficient (Wildman–Crippen LogP) is 3.57. The van der Waals surface area contributed by atoms with Crippen molar-refractivity contribution in [1.29, 1.82) is 0 Å². The maximum atomic E-state index is 13.5. The third kappa shape index (κ3) is 4.39. The zero-order valence-electron chi connectivity index (χ0n) is 17.1. The van der Waals surface area contributed by atoms with E-state index in [9.17, 15) is 18.8 Å². The van der Waals surface area contributed by atoms with Gasteiger partial charge in [-0.15, -0.1) is 0 Å². The Bertz CT molecular complexity index is 1210. The zero-order valence-corrected chi connectivity index (χ0v) is 17.1. The first kappa shape index (κ1) is 20.9. The van der Waals surface area contributed by atoms with Gasteiger partial charge in [0.2, 0.25) is 5.91 Å². The van der Waals surface area contributed by atoms with Gasteiger partial charge in [-0.05, 0) is 54.1 Å². The van der Waals surface area contributed by atoms with Crippen molar-refractivity contribution in [3.63, 3.8) is 0 Å². The van der Waals surface area contributed by atoms with Crippen molar-refractivity contribution >= 4 is 34.7 Å². The maximum Gasteiger partial charge on any atom is 0.278 e. The third-order valence-corrected chi connectivity index (χ3v) is 4.82. The molecule has 160 valence electrons. The van der Waals surface area contributed by atoms with Crippen LogP contribution >= 0.6 is 0 Å². The van der Waals surface area contributed by atoms with Crippen molar-refractivity contribution in [3.8, 4) is 0 Å². The van der Waals surface area contributed by atoms with Gasteiger partial charge in [-0.1, -0.05) is 18.2 Å². The van der Waals surface area contributed by atoms with E-state index >= 15 is 0 Å². The zero-order chi connectivity index (χ0) is 22.7. The Morgan fingerprint density at radius 2 is 1.62 bits per heavy atom. The molecule has 0 bridgehead atoms. The molecule has 0 radical (unpaired) electrons. The van der Waals surface area contributed by atoms with Gasteiger partial charge >= 0.3 is 0 Å². The summed E-state index contributed by atoms with van der Waals surface area (Å²) in [4.78, 5) is 42.9. The Morgan fingerprint density at radius 3 is 2.25 bits per heavy atom. The average molecular weight is 430 g/mol. The van der Waals surface area contributed by atoms with Gasteiger partial charge in [0.15, 0.2) is 0 Å². The van der Waals surface area contributed by atoms with Crippen LogP contribution in [0.5, 0.6) is 0 Å². The summed E-state index contributed by atoms with van der Waals surface area (Å²) in [6, 6.07) is 17.4. The lowest BCUT2D eigenvalue weighted by Crippen LogP contribution is -2.32. The molecular weight excluding hydrogens is 411 g/mol. The average Bonchev–Trinajstić information content (AvgIpc) is 3.00. The molecule has 0 spiro atoms. The second-order valence-electron chi connectivity index (χ2n) is 7.16. The molecule has 0 unspecified atom stereocenters. The highest BCUT2D eigenvalue weighted by atomic mass is 19.1. The number of nitrogens with zero attached hydrogens (tertiary/aromatic N) is 2. The molecule has 1 aromatic heterocycles.